The molecule has 1 fully saturated rings. The minimum atomic E-state index is -0.130. The van der Waals surface area contributed by atoms with E-state index < -0.39 is 0 Å². The Hall–Kier alpha value is -1.30. The van der Waals surface area contributed by atoms with E-state index >= 15 is 0 Å². The Bertz CT molecular complexity index is 480. The van der Waals surface area contributed by atoms with Gasteiger partial charge >= 0.3 is 0 Å². The second-order valence-electron chi connectivity index (χ2n) is 4.75. The van der Waals surface area contributed by atoms with Crippen LogP contribution in [0.3, 0.4) is 0 Å². The summed E-state index contributed by atoms with van der Waals surface area (Å²) in [5.41, 5.74) is 0.480. The van der Waals surface area contributed by atoms with E-state index in [1.54, 1.807) is 23.1 Å². The van der Waals surface area contributed by atoms with E-state index in [1.807, 2.05) is 0 Å². The largest absolute Gasteiger partial charge is 0.497 e. The van der Waals surface area contributed by atoms with E-state index in [9.17, 15) is 9.90 Å². The molecule has 1 aliphatic rings. The van der Waals surface area contributed by atoms with Crippen molar-refractivity contribution >= 4 is 17.5 Å². The molecule has 0 aliphatic carbocycles. The van der Waals surface area contributed by atoms with Crippen LogP contribution >= 0.6 is 11.6 Å². The van der Waals surface area contributed by atoms with E-state index in [2.05, 4.69) is 0 Å². The number of hydrogen-bond donors (Lipinski definition) is 1. The summed E-state index contributed by atoms with van der Waals surface area (Å²) in [4.78, 5) is 14.2. The Labute approximate surface area is 123 Å². The minimum absolute atomic E-state index is 0.00263. The van der Waals surface area contributed by atoms with Crippen LogP contribution in [0, 0.1) is 5.92 Å². The van der Waals surface area contributed by atoms with E-state index in [0.717, 1.165) is 0 Å². The normalized spacial score (nSPS) is 19.6. The van der Waals surface area contributed by atoms with Crippen molar-refractivity contribution in [3.05, 3.63) is 28.8 Å². The fourth-order valence-corrected chi connectivity index (χ4v) is 2.39. The van der Waals surface area contributed by atoms with Crippen LogP contribution in [0.25, 0.3) is 0 Å². The Balaban J connectivity index is 2.18. The van der Waals surface area contributed by atoms with Crippen LogP contribution < -0.4 is 4.74 Å². The summed E-state index contributed by atoms with van der Waals surface area (Å²) in [6.07, 6.45) is 0. The summed E-state index contributed by atoms with van der Waals surface area (Å²) in [5.74, 6) is 0.364. The number of hydrogen-bond acceptors (Lipinski definition) is 4. The molecule has 20 heavy (non-hydrogen) atoms. The van der Waals surface area contributed by atoms with Gasteiger partial charge in [0.2, 0.25) is 0 Å². The quantitative estimate of drug-likeness (QED) is 0.917. The molecule has 1 saturated heterocycles. The Morgan fingerprint density at radius 3 is 3.05 bits per heavy atom. The summed E-state index contributed by atoms with van der Waals surface area (Å²) < 4.78 is 10.5. The van der Waals surface area contributed by atoms with Gasteiger partial charge in [-0.15, -0.1) is 0 Å². The summed E-state index contributed by atoms with van der Waals surface area (Å²) in [5, 5.41) is 9.71. The van der Waals surface area contributed by atoms with Crippen molar-refractivity contribution in [3.8, 4) is 5.75 Å². The predicted molar refractivity (Wildman–Crippen MR) is 75.3 cm³/mol. The van der Waals surface area contributed by atoms with Crippen molar-refractivity contribution in [2.45, 2.75) is 0 Å². The summed E-state index contributed by atoms with van der Waals surface area (Å²) in [6, 6.07) is 4.93. The van der Waals surface area contributed by atoms with Gasteiger partial charge in [-0.2, -0.15) is 0 Å². The third-order valence-electron chi connectivity index (χ3n) is 3.24. The molecule has 5 nitrogen and oxygen atoms in total. The van der Waals surface area contributed by atoms with Gasteiger partial charge in [0.1, 0.15) is 5.75 Å². The maximum absolute atomic E-state index is 12.5. The first-order valence-electron chi connectivity index (χ1n) is 6.46. The molecule has 1 aromatic carbocycles. The number of nitrogens with zero attached hydrogens (tertiary/aromatic N) is 1. The molecule has 0 spiro atoms. The highest BCUT2D eigenvalue weighted by molar-refractivity contribution is 6.31. The zero-order valence-corrected chi connectivity index (χ0v) is 12.1. The first-order chi connectivity index (χ1) is 9.63. The molecule has 0 bridgehead atoms. The van der Waals surface area contributed by atoms with E-state index in [0.29, 0.717) is 42.6 Å². The predicted octanol–water partition coefficient (Wildman–Crippen LogP) is 1.43. The van der Waals surface area contributed by atoms with Crippen LogP contribution in [-0.2, 0) is 4.74 Å². The third kappa shape index (κ3) is 3.62. The van der Waals surface area contributed by atoms with Crippen molar-refractivity contribution in [1.82, 2.24) is 4.90 Å². The topological polar surface area (TPSA) is 59.0 Å². The number of ether oxygens (including phenoxy) is 2. The van der Waals surface area contributed by atoms with Gasteiger partial charge in [-0.3, -0.25) is 4.79 Å². The monoisotopic (exact) mass is 299 g/mol. The standard InChI is InChI=1S/C14H18ClNO4/c1-19-13-5-11(4-12(15)6-13)14(18)16-2-3-20-9-10(7-16)8-17/h4-6,10,17H,2-3,7-9H2,1H3/t10-/m1/s1. The number of methoxy groups -OCH3 is 1. The van der Waals surface area contributed by atoms with Gasteiger partial charge in [0.25, 0.3) is 5.91 Å². The number of benzene rings is 1. The number of aliphatic hydroxyl groups is 1. The van der Waals surface area contributed by atoms with Gasteiger partial charge in [0, 0.05) is 36.2 Å². The van der Waals surface area contributed by atoms with E-state index in [-0.39, 0.29) is 18.4 Å². The summed E-state index contributed by atoms with van der Waals surface area (Å²) in [6.45, 7) is 1.93. The molecule has 6 heteroatoms. The van der Waals surface area contributed by atoms with Gasteiger partial charge in [-0.1, -0.05) is 11.6 Å². The van der Waals surface area contributed by atoms with Crippen LogP contribution in [0.15, 0.2) is 18.2 Å². The van der Waals surface area contributed by atoms with Gasteiger partial charge < -0.3 is 19.5 Å². The summed E-state index contributed by atoms with van der Waals surface area (Å²) >= 11 is 5.98. The molecule has 1 atom stereocenters. The zero-order valence-electron chi connectivity index (χ0n) is 11.3. The average Bonchev–Trinajstić information content (AvgIpc) is 2.71. The van der Waals surface area contributed by atoms with Gasteiger partial charge in [0.05, 0.1) is 20.3 Å². The molecule has 1 heterocycles. The lowest BCUT2D eigenvalue weighted by molar-refractivity contribution is 0.0728. The molecule has 2 rings (SSSR count). The van der Waals surface area contributed by atoms with E-state index in [4.69, 9.17) is 21.1 Å². The van der Waals surface area contributed by atoms with Gasteiger partial charge in [-0.25, -0.2) is 0 Å². The van der Waals surface area contributed by atoms with Crippen LogP contribution in [0.1, 0.15) is 10.4 Å². The fourth-order valence-electron chi connectivity index (χ4n) is 2.16. The van der Waals surface area contributed by atoms with Crippen molar-refractivity contribution in [2.24, 2.45) is 5.92 Å². The van der Waals surface area contributed by atoms with Crippen LogP contribution in [-0.4, -0.2) is 55.9 Å². The fraction of sp³-hybridized carbons (Fsp3) is 0.500. The van der Waals surface area contributed by atoms with Gasteiger partial charge in [0.15, 0.2) is 0 Å². The molecular formula is C14H18ClNO4. The maximum atomic E-state index is 12.5. The molecule has 110 valence electrons. The van der Waals surface area contributed by atoms with Crippen molar-refractivity contribution < 1.29 is 19.4 Å². The average molecular weight is 300 g/mol. The highest BCUT2D eigenvalue weighted by Crippen LogP contribution is 2.22. The Morgan fingerprint density at radius 2 is 2.35 bits per heavy atom. The number of amides is 1. The molecule has 1 aromatic rings. The van der Waals surface area contributed by atoms with E-state index in [1.165, 1.54) is 7.11 Å². The smallest absolute Gasteiger partial charge is 0.254 e. The first-order valence-corrected chi connectivity index (χ1v) is 6.84. The van der Waals surface area contributed by atoms with Gasteiger partial charge in [-0.05, 0) is 18.2 Å². The summed E-state index contributed by atoms with van der Waals surface area (Å²) in [7, 11) is 1.53. The molecule has 0 radical (unpaired) electrons. The van der Waals surface area contributed by atoms with Crippen molar-refractivity contribution in [1.29, 1.82) is 0 Å². The van der Waals surface area contributed by atoms with Crippen LogP contribution in [0.5, 0.6) is 5.75 Å². The lowest BCUT2D eigenvalue weighted by Gasteiger charge is -2.23. The molecule has 1 amide bonds. The third-order valence-corrected chi connectivity index (χ3v) is 3.46. The molecule has 1 N–H and O–H groups in total. The SMILES string of the molecule is COc1cc(Cl)cc(C(=O)N2CCOC[C@@H](CO)C2)c1. The number of carbonyl (C=O) groups is 1. The first kappa shape index (κ1) is 15.1. The lowest BCUT2D eigenvalue weighted by Crippen LogP contribution is -2.36. The molecule has 0 saturated carbocycles. The number of aliphatic hydroxyl groups excluding tert-OH is 1. The highest BCUT2D eigenvalue weighted by atomic mass is 35.5. The Kier molecular flexibility index (Phi) is 5.23. The molecular weight excluding hydrogens is 282 g/mol. The molecule has 0 unspecified atom stereocenters. The zero-order chi connectivity index (χ0) is 14.5. The van der Waals surface area contributed by atoms with Crippen LogP contribution in [0.2, 0.25) is 5.02 Å². The number of halogens is 1. The second kappa shape index (κ2) is 6.92. The minimum Gasteiger partial charge on any atom is -0.497 e. The van der Waals surface area contributed by atoms with Crippen molar-refractivity contribution in [2.75, 3.05) is 40.0 Å². The maximum Gasteiger partial charge on any atom is 0.254 e. The lowest BCUT2D eigenvalue weighted by atomic mass is 10.1. The highest BCUT2D eigenvalue weighted by Gasteiger charge is 2.23. The Morgan fingerprint density at radius 1 is 1.55 bits per heavy atom. The second-order valence-corrected chi connectivity index (χ2v) is 5.19. The number of carbonyl (C=O) groups excluding carboxylic acids is 1. The van der Waals surface area contributed by atoms with Crippen LogP contribution in [0.4, 0.5) is 0 Å². The number of rotatable bonds is 3. The van der Waals surface area contributed by atoms with Crippen molar-refractivity contribution in [3.63, 3.8) is 0 Å². The molecule has 0 aromatic heterocycles. The molecule has 1 aliphatic heterocycles.